The van der Waals surface area contributed by atoms with Crippen molar-refractivity contribution in [3.8, 4) is 0 Å². The molecule has 0 atom stereocenters. The predicted molar refractivity (Wildman–Crippen MR) is 86.0 cm³/mol. The lowest BCUT2D eigenvalue weighted by molar-refractivity contribution is 0.675. The van der Waals surface area contributed by atoms with Gasteiger partial charge in [-0.1, -0.05) is 44.4 Å². The zero-order chi connectivity index (χ0) is 14.1. The van der Waals surface area contributed by atoms with E-state index in [1.165, 1.54) is 42.5 Å². The van der Waals surface area contributed by atoms with Gasteiger partial charge in [0.25, 0.3) is 0 Å². The highest BCUT2D eigenvalue weighted by Gasteiger charge is 2.10. The molecule has 1 aromatic carbocycles. The Morgan fingerprint density at radius 3 is 2.21 bits per heavy atom. The first-order chi connectivity index (χ1) is 9.22. The minimum absolute atomic E-state index is 0.728. The molecule has 0 aliphatic rings. The number of unbranched alkanes of at least 4 members (excludes halogenated alkanes) is 2. The fraction of sp³-hybridized carbons (Fsp3) is 0.647. The molecular formula is C17H30N2. The van der Waals surface area contributed by atoms with Gasteiger partial charge in [0, 0.05) is 18.8 Å². The van der Waals surface area contributed by atoms with Gasteiger partial charge in [-0.2, -0.15) is 0 Å². The number of benzene rings is 1. The summed E-state index contributed by atoms with van der Waals surface area (Å²) >= 11 is 0. The number of hydrogen-bond acceptors (Lipinski definition) is 2. The normalized spacial score (nSPS) is 10.7. The molecule has 0 fully saturated rings. The van der Waals surface area contributed by atoms with Gasteiger partial charge in [0.2, 0.25) is 0 Å². The molecule has 0 aliphatic heterocycles. The third-order valence-electron chi connectivity index (χ3n) is 3.55. The van der Waals surface area contributed by atoms with E-state index in [1.54, 1.807) is 0 Å². The molecule has 0 saturated heterocycles. The first-order valence-corrected chi connectivity index (χ1v) is 7.77. The largest absolute Gasteiger partial charge is 0.371 e. The Balaban J connectivity index is 2.91. The topological polar surface area (TPSA) is 29.3 Å². The minimum Gasteiger partial charge on any atom is -0.371 e. The van der Waals surface area contributed by atoms with Crippen molar-refractivity contribution in [1.82, 2.24) is 0 Å². The van der Waals surface area contributed by atoms with E-state index in [-0.39, 0.29) is 0 Å². The summed E-state index contributed by atoms with van der Waals surface area (Å²) in [5.74, 6) is 0. The maximum absolute atomic E-state index is 5.76. The number of nitrogens with zero attached hydrogens (tertiary/aromatic N) is 1. The predicted octanol–water partition coefficient (Wildman–Crippen LogP) is 3.90. The zero-order valence-corrected chi connectivity index (χ0v) is 12.9. The average Bonchev–Trinajstić information content (AvgIpc) is 2.40. The van der Waals surface area contributed by atoms with Crippen LogP contribution in [0.15, 0.2) is 18.2 Å². The van der Waals surface area contributed by atoms with Crippen molar-refractivity contribution in [3.05, 3.63) is 29.3 Å². The molecule has 1 rings (SSSR count). The molecule has 2 N–H and O–H groups in total. The molecule has 108 valence electrons. The SMILES string of the molecule is CCCCN(CCCC)c1ccc(C)cc1CCN. The molecule has 0 heterocycles. The maximum Gasteiger partial charge on any atom is 0.0399 e. The van der Waals surface area contributed by atoms with Crippen LogP contribution in [0, 0.1) is 6.92 Å². The van der Waals surface area contributed by atoms with Gasteiger partial charge in [-0.25, -0.2) is 0 Å². The fourth-order valence-corrected chi connectivity index (χ4v) is 2.43. The van der Waals surface area contributed by atoms with Gasteiger partial charge in [0.1, 0.15) is 0 Å². The minimum atomic E-state index is 0.728. The van der Waals surface area contributed by atoms with Crippen LogP contribution in [-0.2, 0) is 6.42 Å². The molecule has 0 spiro atoms. The number of aryl methyl sites for hydroxylation is 1. The Labute approximate surface area is 119 Å². The van der Waals surface area contributed by atoms with Crippen LogP contribution in [0.3, 0.4) is 0 Å². The second-order valence-electron chi connectivity index (χ2n) is 5.36. The highest BCUT2D eigenvalue weighted by molar-refractivity contribution is 5.55. The van der Waals surface area contributed by atoms with Gasteiger partial charge in [0.05, 0.1) is 0 Å². The lowest BCUT2D eigenvalue weighted by Crippen LogP contribution is -2.27. The van der Waals surface area contributed by atoms with Crippen molar-refractivity contribution in [1.29, 1.82) is 0 Å². The monoisotopic (exact) mass is 262 g/mol. The molecule has 2 heteroatoms. The molecule has 0 unspecified atom stereocenters. The van der Waals surface area contributed by atoms with E-state index in [9.17, 15) is 0 Å². The van der Waals surface area contributed by atoms with Gasteiger partial charge < -0.3 is 10.6 Å². The number of nitrogens with two attached hydrogens (primary N) is 1. The highest BCUT2D eigenvalue weighted by Crippen LogP contribution is 2.23. The average molecular weight is 262 g/mol. The third kappa shape index (κ3) is 5.23. The molecule has 0 amide bonds. The van der Waals surface area contributed by atoms with Crippen molar-refractivity contribution >= 4 is 5.69 Å². The van der Waals surface area contributed by atoms with Crippen LogP contribution in [0.25, 0.3) is 0 Å². The Bertz CT molecular complexity index is 352. The molecule has 0 saturated carbocycles. The first-order valence-electron chi connectivity index (χ1n) is 7.77. The van der Waals surface area contributed by atoms with Gasteiger partial charge in [-0.3, -0.25) is 0 Å². The summed E-state index contributed by atoms with van der Waals surface area (Å²) in [6.07, 6.45) is 6.01. The Hall–Kier alpha value is -1.02. The van der Waals surface area contributed by atoms with Crippen molar-refractivity contribution < 1.29 is 0 Å². The van der Waals surface area contributed by atoms with Crippen molar-refractivity contribution in [2.75, 3.05) is 24.5 Å². The summed E-state index contributed by atoms with van der Waals surface area (Å²) in [4.78, 5) is 2.55. The second kappa shape index (κ2) is 8.98. The van der Waals surface area contributed by atoms with E-state index in [1.807, 2.05) is 0 Å². The van der Waals surface area contributed by atoms with Crippen LogP contribution in [0.4, 0.5) is 5.69 Å². The Kier molecular flexibility index (Phi) is 7.57. The van der Waals surface area contributed by atoms with Crippen molar-refractivity contribution in [2.45, 2.75) is 52.9 Å². The third-order valence-corrected chi connectivity index (χ3v) is 3.55. The second-order valence-corrected chi connectivity index (χ2v) is 5.36. The molecule has 2 nitrogen and oxygen atoms in total. The van der Waals surface area contributed by atoms with Crippen LogP contribution < -0.4 is 10.6 Å². The molecular weight excluding hydrogens is 232 g/mol. The first kappa shape index (κ1) is 16.0. The van der Waals surface area contributed by atoms with Crippen LogP contribution in [0.1, 0.15) is 50.7 Å². The molecule has 0 aliphatic carbocycles. The lowest BCUT2D eigenvalue weighted by atomic mass is 10.0. The summed E-state index contributed by atoms with van der Waals surface area (Å²) in [6, 6.07) is 6.80. The zero-order valence-electron chi connectivity index (χ0n) is 12.9. The van der Waals surface area contributed by atoms with Gasteiger partial charge in [-0.15, -0.1) is 0 Å². The molecule has 0 bridgehead atoms. The van der Waals surface area contributed by atoms with Gasteiger partial charge >= 0.3 is 0 Å². The lowest BCUT2D eigenvalue weighted by Gasteiger charge is -2.27. The van der Waals surface area contributed by atoms with Crippen LogP contribution in [-0.4, -0.2) is 19.6 Å². The van der Waals surface area contributed by atoms with E-state index in [4.69, 9.17) is 5.73 Å². The molecule has 1 aromatic rings. The van der Waals surface area contributed by atoms with Crippen molar-refractivity contribution in [3.63, 3.8) is 0 Å². The van der Waals surface area contributed by atoms with Crippen molar-refractivity contribution in [2.24, 2.45) is 5.73 Å². The van der Waals surface area contributed by atoms with E-state index in [2.05, 4.69) is 43.9 Å². The number of anilines is 1. The highest BCUT2D eigenvalue weighted by atomic mass is 15.1. The number of rotatable bonds is 9. The standard InChI is InChI=1S/C17H30N2/c1-4-6-12-19(13-7-5-2)17-9-8-15(3)14-16(17)10-11-18/h8-9,14H,4-7,10-13,18H2,1-3H3. The molecule has 19 heavy (non-hydrogen) atoms. The van der Waals surface area contributed by atoms with E-state index < -0.39 is 0 Å². The van der Waals surface area contributed by atoms with E-state index >= 15 is 0 Å². The van der Waals surface area contributed by atoms with E-state index in [0.29, 0.717) is 0 Å². The molecule has 0 aromatic heterocycles. The fourth-order valence-electron chi connectivity index (χ4n) is 2.43. The van der Waals surface area contributed by atoms with E-state index in [0.717, 1.165) is 26.1 Å². The Morgan fingerprint density at radius 2 is 1.68 bits per heavy atom. The number of hydrogen-bond donors (Lipinski definition) is 1. The van der Waals surface area contributed by atoms with Crippen LogP contribution >= 0.6 is 0 Å². The Morgan fingerprint density at radius 1 is 1.05 bits per heavy atom. The van der Waals surface area contributed by atoms with Gasteiger partial charge in [-0.05, 0) is 44.4 Å². The smallest absolute Gasteiger partial charge is 0.0399 e. The maximum atomic E-state index is 5.76. The quantitative estimate of drug-likeness (QED) is 0.731. The van der Waals surface area contributed by atoms with Crippen LogP contribution in [0.5, 0.6) is 0 Å². The summed E-state index contributed by atoms with van der Waals surface area (Å²) in [5, 5.41) is 0. The summed E-state index contributed by atoms with van der Waals surface area (Å²) in [7, 11) is 0. The molecule has 0 radical (unpaired) electrons. The summed E-state index contributed by atoms with van der Waals surface area (Å²) in [5.41, 5.74) is 9.91. The summed E-state index contributed by atoms with van der Waals surface area (Å²) < 4.78 is 0. The summed E-state index contributed by atoms with van der Waals surface area (Å²) in [6.45, 7) is 9.73. The van der Waals surface area contributed by atoms with Crippen LogP contribution in [0.2, 0.25) is 0 Å². The van der Waals surface area contributed by atoms with Gasteiger partial charge in [0.15, 0.2) is 0 Å².